The molecule has 0 spiro atoms. The largest absolute Gasteiger partial charge is 0.394 e. The van der Waals surface area contributed by atoms with Crippen molar-refractivity contribution in [2.45, 2.75) is 336 Å². The molecule has 0 aromatic rings. The van der Waals surface area contributed by atoms with Crippen molar-refractivity contribution >= 4 is 0 Å². The lowest BCUT2D eigenvalue weighted by atomic mass is 9.95. The Balaban J connectivity index is 0.882. The van der Waals surface area contributed by atoms with Crippen molar-refractivity contribution in [2.75, 3.05) is 75.7 Å². The van der Waals surface area contributed by atoms with Crippen molar-refractivity contribution in [3.05, 3.63) is 0 Å². The quantitative estimate of drug-likeness (QED) is 0.0346. The van der Waals surface area contributed by atoms with Gasteiger partial charge in [0.1, 0.15) is 201 Å². The average molecular weight is 1610 g/mol. The maximum atomic E-state index is 12.3. The summed E-state index contributed by atoms with van der Waals surface area (Å²) in [5.41, 5.74) is 6.37. The molecule has 21 N–H and O–H groups in total. The molecule has 0 unspecified atom stereocenters. The summed E-state index contributed by atoms with van der Waals surface area (Å²) in [6, 6.07) is -0.651. The highest BCUT2D eigenvalue weighted by molar-refractivity contribution is 5.03. The number of nitrogens with two attached hydrogens (primary N) is 1. The van der Waals surface area contributed by atoms with Crippen LogP contribution in [0.3, 0.4) is 0 Å². The Morgan fingerprint density at radius 3 is 0.955 bits per heavy atom. The summed E-state index contributed by atoms with van der Waals surface area (Å²) in [4.78, 5) is 0. The normalized spacial score (nSPS) is 53.4. The zero-order valence-corrected chi connectivity index (χ0v) is 62.1. The highest BCUT2D eigenvalue weighted by Crippen LogP contribution is 2.42. The van der Waals surface area contributed by atoms with Gasteiger partial charge in [0.2, 0.25) is 0 Å². The fourth-order valence-corrected chi connectivity index (χ4v) is 15.2. The van der Waals surface area contributed by atoms with Crippen LogP contribution in [0.2, 0.25) is 0 Å². The lowest BCUT2D eigenvalue weighted by molar-refractivity contribution is -0.411. The van der Waals surface area contributed by atoms with E-state index < -0.39 is 334 Å². The summed E-state index contributed by atoms with van der Waals surface area (Å²) in [5.74, 6) is 0. The molecule has 45 nitrogen and oxygen atoms in total. The molecule has 0 aromatic carbocycles. The van der Waals surface area contributed by atoms with Gasteiger partial charge in [0.15, 0.2) is 62.9 Å². The fraction of sp³-hybridized carbons (Fsp3) is 1.00. The van der Waals surface area contributed by atoms with Gasteiger partial charge in [-0.05, 0) is 34.6 Å². The fourth-order valence-electron chi connectivity index (χ4n) is 15.2. The van der Waals surface area contributed by atoms with Crippen molar-refractivity contribution in [1.82, 2.24) is 0 Å². The maximum Gasteiger partial charge on any atom is 0.189 e. The Bertz CT molecular complexity index is 2760. The van der Waals surface area contributed by atoms with Gasteiger partial charge < -0.3 is 221 Å². The van der Waals surface area contributed by atoms with E-state index in [2.05, 4.69) is 0 Å². The van der Waals surface area contributed by atoms with Crippen LogP contribution in [-0.4, -0.2) is 474 Å². The maximum absolute atomic E-state index is 12.3. The van der Waals surface area contributed by atoms with Crippen molar-refractivity contribution in [3.8, 4) is 0 Å². The summed E-state index contributed by atoms with van der Waals surface area (Å²) < 4.78 is 149. The Morgan fingerprint density at radius 2 is 0.536 bits per heavy atom. The van der Waals surface area contributed by atoms with Crippen LogP contribution in [0, 0.1) is 0 Å². The van der Waals surface area contributed by atoms with Crippen molar-refractivity contribution in [2.24, 2.45) is 5.73 Å². The molecule has 0 bridgehead atoms. The molecule has 642 valence electrons. The van der Waals surface area contributed by atoms with Gasteiger partial charge in [-0.25, -0.2) is 0 Å². The van der Waals surface area contributed by atoms with Crippen LogP contribution in [-0.2, 0) is 118 Å². The molecule has 0 saturated carbocycles. The SMILES string of the molecule is COC[C@H]1O[C@H](O[C@H]2O[C@H](CO)[C@@H](O)[C@H](O)[C@H]2O)[C@H](O)[C@@H](O[C@@H]2O[C@@H](C)[C@H](O)[C@@H](O[C@@H]3O[C@H](CO)[C@@H](O)[C@H](O[C@@H]4O[C@@H](C)[C@H](O)[C@@H](O[C@@H]5O[C@@H](C)[C@H](O)[C@@H](O[C@@H]6O[C@H](CO)[C@@H](O)[C@H](O[C@@H]7O[C@@H](C)[C@@H](O)[C@@H](O[C@H]8O[C@H](C)[C@H](N)[C@H](OC)[C@H]8OC)[C@@H]7OC)[C@H]6O)[C@H]5OC)[C@H]4O[C@@H]4OC[C@@H](O)[C@H](OC)[C@H]4O)[C@H]3O)[C@H]2O)[C@@H]1O. The van der Waals surface area contributed by atoms with Crippen molar-refractivity contribution < 1.29 is 215 Å². The summed E-state index contributed by atoms with van der Waals surface area (Å²) >= 11 is 0. The molecular formula is C65H113NO44. The van der Waals surface area contributed by atoms with Crippen LogP contribution in [0.1, 0.15) is 34.6 Å². The monoisotopic (exact) mass is 1610 g/mol. The summed E-state index contributed by atoms with van der Waals surface area (Å²) in [5, 5.41) is 216. The minimum Gasteiger partial charge on any atom is -0.394 e. The Kier molecular flexibility index (Phi) is 32.4. The standard InChI is InChI=1S/C65H113NO44/c1-17-27(66)44(88-8)52(89-9)62(93-17)107-50-30(73)20(4)95-63(54(50)91-11)104-46-33(76)25(14-69)100-60(41(46)84)106-49-29(72)19(3)96-64(53(49)90-10)108-51-31(74)21(5)97-65(55(51)109-56-38(81)43(87-7)22(70)15-92-56)105-47-34(77)24(13-68)99-59(40(47)83)102-45-28(71)18(2)94-58(39(45)82)103-48-35(78)26(16-86-6)101-61(42(48)85)110-57-37(80)36(79)32(75)23(12-67)98-57/h17-65,67-85H,12-16,66H2,1-11H3/t17-,18+,19+,20+,21+,22-,23-,24-,25-,26-,27+,28+,29+,30-,31+,32-,33-,34-,35-,36+,37-,38-,39-,40-,41-,42-,43+,44+,45-,46+,47+,48+,49-,50-,51-,52-,53-,54+,55-,56+,57-,58+,59+,60+,61-,62-,63+,64+,65+/m1/s1. The molecule has 45 heteroatoms. The number of ether oxygens (including phenoxy) is 25. The van der Waals surface area contributed by atoms with Crippen LogP contribution >= 0.6 is 0 Å². The van der Waals surface area contributed by atoms with E-state index in [4.69, 9.17) is 124 Å². The molecule has 0 amide bonds. The Morgan fingerprint density at radius 1 is 0.255 bits per heavy atom. The summed E-state index contributed by atoms with van der Waals surface area (Å²) in [7, 11) is 7.60. The Hall–Kier alpha value is -1.80. The van der Waals surface area contributed by atoms with Crippen LogP contribution in [0.15, 0.2) is 0 Å². The molecule has 0 aromatic heterocycles. The first-order valence-corrected chi connectivity index (χ1v) is 36.3. The zero-order chi connectivity index (χ0) is 80.5. The number of rotatable bonds is 28. The third kappa shape index (κ3) is 18.8. The Labute approximate surface area is 630 Å². The molecule has 0 aliphatic carbocycles. The van der Waals surface area contributed by atoms with Crippen LogP contribution < -0.4 is 5.73 Å². The highest BCUT2D eigenvalue weighted by atomic mass is 16.8. The van der Waals surface area contributed by atoms with Gasteiger partial charge in [-0.3, -0.25) is 0 Å². The van der Waals surface area contributed by atoms with Crippen LogP contribution in [0.5, 0.6) is 0 Å². The van der Waals surface area contributed by atoms with Gasteiger partial charge in [0.05, 0.1) is 69.6 Å². The lowest BCUT2D eigenvalue weighted by Crippen LogP contribution is -2.69. The van der Waals surface area contributed by atoms with Gasteiger partial charge in [-0.15, -0.1) is 0 Å². The molecule has 10 aliphatic heterocycles. The number of hydrogen-bond donors (Lipinski definition) is 20. The molecule has 49 atom stereocenters. The van der Waals surface area contributed by atoms with Gasteiger partial charge >= 0.3 is 0 Å². The molecule has 10 heterocycles. The van der Waals surface area contributed by atoms with E-state index in [-0.39, 0.29) is 0 Å². The molecule has 110 heavy (non-hydrogen) atoms. The highest BCUT2D eigenvalue weighted by Gasteiger charge is 2.62. The topological polar surface area (TPSA) is 641 Å². The number of hydrogen-bond acceptors (Lipinski definition) is 45. The van der Waals surface area contributed by atoms with Gasteiger partial charge in [-0.1, -0.05) is 0 Å². The molecule has 10 fully saturated rings. The minimum atomic E-state index is -2.28. The summed E-state index contributed by atoms with van der Waals surface area (Å²) in [6.45, 7) is 3.39. The molecule has 10 aliphatic rings. The molecular weight excluding hydrogens is 1500 g/mol. The third-order valence-corrected chi connectivity index (χ3v) is 21.8. The molecule has 10 saturated heterocycles. The first kappa shape index (κ1) is 90.5. The lowest BCUT2D eigenvalue weighted by Gasteiger charge is -2.51. The van der Waals surface area contributed by atoms with Gasteiger partial charge in [0, 0.05) is 42.7 Å². The average Bonchev–Trinajstić information content (AvgIpc) is 0.763. The van der Waals surface area contributed by atoms with Gasteiger partial charge in [0.25, 0.3) is 0 Å². The number of aliphatic hydroxyl groups is 19. The predicted octanol–water partition coefficient (Wildman–Crippen LogP) is -13.1. The second-order valence-corrected chi connectivity index (χ2v) is 28.9. The van der Waals surface area contributed by atoms with Crippen molar-refractivity contribution in [3.63, 3.8) is 0 Å². The number of methoxy groups -OCH3 is 6. The zero-order valence-electron chi connectivity index (χ0n) is 62.1. The van der Waals surface area contributed by atoms with E-state index in [0.29, 0.717) is 0 Å². The second kappa shape index (κ2) is 39.4. The number of aliphatic hydroxyl groups excluding tert-OH is 19. The third-order valence-electron chi connectivity index (χ3n) is 21.8. The predicted molar refractivity (Wildman–Crippen MR) is 347 cm³/mol. The van der Waals surface area contributed by atoms with Crippen LogP contribution in [0.4, 0.5) is 0 Å². The van der Waals surface area contributed by atoms with E-state index in [1.54, 1.807) is 6.92 Å². The van der Waals surface area contributed by atoms with E-state index >= 15 is 0 Å². The van der Waals surface area contributed by atoms with Crippen LogP contribution in [0.25, 0.3) is 0 Å². The van der Waals surface area contributed by atoms with E-state index in [9.17, 15) is 97.0 Å². The van der Waals surface area contributed by atoms with Crippen molar-refractivity contribution in [1.29, 1.82) is 0 Å². The summed E-state index contributed by atoms with van der Waals surface area (Å²) in [6.07, 6.45) is -81.6. The van der Waals surface area contributed by atoms with E-state index in [1.807, 2.05) is 0 Å². The van der Waals surface area contributed by atoms with E-state index in [1.165, 1.54) is 63.2 Å². The first-order chi connectivity index (χ1) is 52.3. The van der Waals surface area contributed by atoms with E-state index in [0.717, 1.165) is 7.11 Å². The second-order valence-electron chi connectivity index (χ2n) is 28.9. The minimum absolute atomic E-state index is 0.410. The smallest absolute Gasteiger partial charge is 0.189 e. The first-order valence-electron chi connectivity index (χ1n) is 36.3. The molecule has 10 rings (SSSR count). The van der Waals surface area contributed by atoms with Gasteiger partial charge in [-0.2, -0.15) is 0 Å². The molecule has 0 radical (unpaired) electrons.